The van der Waals surface area contributed by atoms with Gasteiger partial charge in [-0.3, -0.25) is 9.78 Å². The number of piperazine rings is 1. The average Bonchev–Trinajstić information content (AvgIpc) is 2.47. The van der Waals surface area contributed by atoms with E-state index < -0.39 is 0 Å². The predicted molar refractivity (Wildman–Crippen MR) is 67.3 cm³/mol. The van der Waals surface area contributed by atoms with E-state index in [1.54, 1.807) is 32.6 Å². The zero-order valence-corrected chi connectivity index (χ0v) is 10.7. The van der Waals surface area contributed by atoms with Crippen LogP contribution in [0.5, 0.6) is 0 Å². The molecule has 0 aromatic carbocycles. The largest absolute Gasteiger partial charge is 0.372 e. The van der Waals surface area contributed by atoms with Crippen molar-refractivity contribution in [2.24, 2.45) is 0 Å². The standard InChI is InChI=1S/C12H18N4O2/c1-10(18-2)12(17)16-7-5-15(6-8-16)11-9-13-3-4-14-11/h3-4,9-10H,5-8H2,1-2H3. The van der Waals surface area contributed by atoms with E-state index in [9.17, 15) is 4.79 Å². The molecule has 2 heterocycles. The molecule has 1 aliphatic heterocycles. The molecule has 1 aromatic rings. The van der Waals surface area contributed by atoms with Gasteiger partial charge in [0, 0.05) is 45.7 Å². The first-order valence-electron chi connectivity index (χ1n) is 6.05. The molecule has 0 radical (unpaired) electrons. The second kappa shape index (κ2) is 5.77. The fourth-order valence-corrected chi connectivity index (χ4v) is 1.97. The van der Waals surface area contributed by atoms with Crippen LogP contribution in [0.3, 0.4) is 0 Å². The average molecular weight is 250 g/mol. The molecular formula is C12H18N4O2. The summed E-state index contributed by atoms with van der Waals surface area (Å²) in [5, 5.41) is 0. The minimum atomic E-state index is -0.368. The van der Waals surface area contributed by atoms with Crippen LogP contribution in [0.1, 0.15) is 6.92 Å². The third-order valence-electron chi connectivity index (χ3n) is 3.17. The highest BCUT2D eigenvalue weighted by molar-refractivity contribution is 5.80. The van der Waals surface area contributed by atoms with Crippen molar-refractivity contribution in [3.05, 3.63) is 18.6 Å². The highest BCUT2D eigenvalue weighted by Gasteiger charge is 2.25. The molecule has 6 heteroatoms. The Hall–Kier alpha value is -1.69. The fraction of sp³-hybridized carbons (Fsp3) is 0.583. The number of carbonyl (C=O) groups excluding carboxylic acids is 1. The number of carbonyl (C=O) groups is 1. The van der Waals surface area contributed by atoms with Crippen molar-refractivity contribution in [3.63, 3.8) is 0 Å². The van der Waals surface area contributed by atoms with Gasteiger partial charge in [0.15, 0.2) is 0 Å². The van der Waals surface area contributed by atoms with E-state index >= 15 is 0 Å². The van der Waals surface area contributed by atoms with Gasteiger partial charge >= 0.3 is 0 Å². The molecule has 2 rings (SSSR count). The molecule has 18 heavy (non-hydrogen) atoms. The van der Waals surface area contributed by atoms with Crippen molar-refractivity contribution in [2.75, 3.05) is 38.2 Å². The summed E-state index contributed by atoms with van der Waals surface area (Å²) in [6.45, 7) is 4.73. The van der Waals surface area contributed by atoms with Gasteiger partial charge in [0.05, 0.1) is 6.20 Å². The van der Waals surface area contributed by atoms with Gasteiger partial charge in [-0.1, -0.05) is 0 Å². The molecule has 1 aromatic heterocycles. The molecule has 6 nitrogen and oxygen atoms in total. The van der Waals surface area contributed by atoms with E-state index in [1.807, 2.05) is 4.90 Å². The molecule has 1 atom stereocenters. The minimum Gasteiger partial charge on any atom is -0.372 e. The molecule has 0 spiro atoms. The van der Waals surface area contributed by atoms with Crippen molar-refractivity contribution in [1.29, 1.82) is 0 Å². The molecule has 1 saturated heterocycles. The number of methoxy groups -OCH3 is 1. The van der Waals surface area contributed by atoms with Crippen LogP contribution in [-0.4, -0.2) is 60.2 Å². The van der Waals surface area contributed by atoms with Gasteiger partial charge in [-0.2, -0.15) is 0 Å². The number of hydrogen-bond acceptors (Lipinski definition) is 5. The van der Waals surface area contributed by atoms with Crippen molar-refractivity contribution in [3.8, 4) is 0 Å². The second-order valence-electron chi connectivity index (χ2n) is 4.25. The van der Waals surface area contributed by atoms with Gasteiger partial charge in [-0.05, 0) is 6.92 Å². The fourth-order valence-electron chi connectivity index (χ4n) is 1.97. The van der Waals surface area contributed by atoms with Crippen LogP contribution in [0.4, 0.5) is 5.82 Å². The lowest BCUT2D eigenvalue weighted by atomic mass is 10.2. The molecule has 1 unspecified atom stereocenters. The van der Waals surface area contributed by atoms with Crippen LogP contribution in [-0.2, 0) is 9.53 Å². The summed E-state index contributed by atoms with van der Waals surface area (Å²) in [6, 6.07) is 0. The SMILES string of the molecule is COC(C)C(=O)N1CCN(c2cnccn2)CC1. The van der Waals surface area contributed by atoms with Gasteiger partial charge in [0.1, 0.15) is 11.9 Å². The highest BCUT2D eigenvalue weighted by atomic mass is 16.5. The van der Waals surface area contributed by atoms with Crippen molar-refractivity contribution < 1.29 is 9.53 Å². The topological polar surface area (TPSA) is 58.6 Å². The quantitative estimate of drug-likeness (QED) is 0.765. The Kier molecular flexibility index (Phi) is 4.09. The molecule has 0 aliphatic carbocycles. The molecule has 1 aliphatic rings. The van der Waals surface area contributed by atoms with E-state index in [4.69, 9.17) is 4.74 Å². The lowest BCUT2D eigenvalue weighted by Gasteiger charge is -2.36. The maximum atomic E-state index is 11.9. The van der Waals surface area contributed by atoms with Crippen LogP contribution in [0, 0.1) is 0 Å². The third kappa shape index (κ3) is 2.76. The van der Waals surface area contributed by atoms with Gasteiger partial charge in [-0.15, -0.1) is 0 Å². The first kappa shape index (κ1) is 12.8. The molecule has 98 valence electrons. The number of nitrogens with zero attached hydrogens (tertiary/aromatic N) is 4. The van der Waals surface area contributed by atoms with E-state index in [0.29, 0.717) is 13.1 Å². The van der Waals surface area contributed by atoms with E-state index in [1.165, 1.54) is 0 Å². The highest BCUT2D eigenvalue weighted by Crippen LogP contribution is 2.12. The number of ether oxygens (including phenoxy) is 1. The predicted octanol–water partition coefficient (Wildman–Crippen LogP) is 0.160. The molecule has 0 N–H and O–H groups in total. The maximum absolute atomic E-state index is 11.9. The van der Waals surface area contributed by atoms with Gasteiger partial charge < -0.3 is 14.5 Å². The van der Waals surface area contributed by atoms with Crippen LogP contribution >= 0.6 is 0 Å². The summed E-state index contributed by atoms with van der Waals surface area (Å²) in [5.74, 6) is 0.917. The maximum Gasteiger partial charge on any atom is 0.251 e. The Morgan fingerprint density at radius 3 is 2.61 bits per heavy atom. The van der Waals surface area contributed by atoms with Crippen LogP contribution in [0.15, 0.2) is 18.6 Å². The van der Waals surface area contributed by atoms with E-state index in [-0.39, 0.29) is 12.0 Å². The monoisotopic (exact) mass is 250 g/mol. The first-order valence-corrected chi connectivity index (χ1v) is 6.05. The Bertz CT molecular complexity index is 390. The Balaban J connectivity index is 1.90. The van der Waals surface area contributed by atoms with Crippen LogP contribution in [0.25, 0.3) is 0 Å². The molecular weight excluding hydrogens is 232 g/mol. The Morgan fingerprint density at radius 2 is 2.06 bits per heavy atom. The number of rotatable bonds is 3. The zero-order valence-electron chi connectivity index (χ0n) is 10.7. The van der Waals surface area contributed by atoms with Gasteiger partial charge in [0.25, 0.3) is 5.91 Å². The summed E-state index contributed by atoms with van der Waals surface area (Å²) in [7, 11) is 1.55. The van der Waals surface area contributed by atoms with Gasteiger partial charge in [-0.25, -0.2) is 4.98 Å². The summed E-state index contributed by atoms with van der Waals surface area (Å²) in [6.07, 6.45) is 4.71. The van der Waals surface area contributed by atoms with Crippen molar-refractivity contribution in [1.82, 2.24) is 14.9 Å². The Labute approximate surface area is 107 Å². The molecule has 0 saturated carbocycles. The summed E-state index contributed by atoms with van der Waals surface area (Å²) >= 11 is 0. The minimum absolute atomic E-state index is 0.0521. The Morgan fingerprint density at radius 1 is 1.33 bits per heavy atom. The van der Waals surface area contributed by atoms with Crippen molar-refractivity contribution in [2.45, 2.75) is 13.0 Å². The summed E-state index contributed by atoms with van der Waals surface area (Å²) < 4.78 is 5.05. The first-order chi connectivity index (χ1) is 8.72. The lowest BCUT2D eigenvalue weighted by molar-refractivity contribution is -0.141. The second-order valence-corrected chi connectivity index (χ2v) is 4.25. The number of aromatic nitrogens is 2. The van der Waals surface area contributed by atoms with E-state index in [0.717, 1.165) is 18.9 Å². The molecule has 1 fully saturated rings. The van der Waals surface area contributed by atoms with Crippen LogP contribution in [0.2, 0.25) is 0 Å². The number of hydrogen-bond donors (Lipinski definition) is 0. The molecule has 1 amide bonds. The van der Waals surface area contributed by atoms with E-state index in [2.05, 4.69) is 14.9 Å². The normalized spacial score (nSPS) is 17.7. The smallest absolute Gasteiger partial charge is 0.251 e. The zero-order chi connectivity index (χ0) is 13.0. The molecule has 0 bridgehead atoms. The third-order valence-corrected chi connectivity index (χ3v) is 3.17. The summed E-state index contributed by atoms with van der Waals surface area (Å²) in [5.41, 5.74) is 0. The lowest BCUT2D eigenvalue weighted by Crippen LogP contribution is -2.51. The van der Waals surface area contributed by atoms with Crippen LogP contribution < -0.4 is 4.90 Å². The van der Waals surface area contributed by atoms with Crippen molar-refractivity contribution >= 4 is 11.7 Å². The number of anilines is 1. The number of amides is 1. The van der Waals surface area contributed by atoms with Gasteiger partial charge in [0.2, 0.25) is 0 Å². The summed E-state index contributed by atoms with van der Waals surface area (Å²) in [4.78, 5) is 24.2.